The first kappa shape index (κ1) is 20.4. The summed E-state index contributed by atoms with van der Waals surface area (Å²) in [4.78, 5) is 17.6. The van der Waals surface area contributed by atoms with Crippen LogP contribution in [0.1, 0.15) is 60.4 Å². The van der Waals surface area contributed by atoms with Crippen molar-refractivity contribution in [2.45, 2.75) is 51.2 Å². The Labute approximate surface area is 177 Å². The van der Waals surface area contributed by atoms with E-state index in [0.29, 0.717) is 25.6 Å². The number of benzene rings is 1. The van der Waals surface area contributed by atoms with Crippen LogP contribution in [0.4, 0.5) is 0 Å². The second kappa shape index (κ2) is 9.27. The number of nitriles is 1. The molecule has 30 heavy (non-hydrogen) atoms. The summed E-state index contributed by atoms with van der Waals surface area (Å²) < 4.78 is 5.86. The smallest absolute Gasteiger partial charge is 0.309 e. The zero-order valence-electron chi connectivity index (χ0n) is 17.1. The second-order valence-corrected chi connectivity index (χ2v) is 8.37. The molecule has 0 amide bonds. The van der Waals surface area contributed by atoms with Crippen molar-refractivity contribution in [2.75, 3.05) is 13.1 Å². The lowest BCUT2D eigenvalue weighted by Crippen LogP contribution is -2.49. The third-order valence-electron chi connectivity index (χ3n) is 6.18. The second-order valence-electron chi connectivity index (χ2n) is 8.37. The molecular weight excluding hydrogens is 378 g/mol. The van der Waals surface area contributed by atoms with Crippen LogP contribution in [0, 0.1) is 17.2 Å². The van der Waals surface area contributed by atoms with Gasteiger partial charge in [-0.15, -0.1) is 0 Å². The fraction of sp³-hybridized carbons (Fsp3) is 0.458. The number of rotatable bonds is 7. The summed E-state index contributed by atoms with van der Waals surface area (Å²) in [5, 5.41) is 18.5. The molecule has 0 atom stereocenters. The number of carboxylic acids is 1. The van der Waals surface area contributed by atoms with Gasteiger partial charge in [0.25, 0.3) is 0 Å². The van der Waals surface area contributed by atoms with Gasteiger partial charge in [-0.2, -0.15) is 5.26 Å². The van der Waals surface area contributed by atoms with E-state index in [1.165, 1.54) is 19.3 Å². The standard InChI is InChI=1S/C24H27N3O3/c25-11-19-10-21(26-12-23(19)18-4-2-1-3-5-18)16-30-22-8-6-17(7-9-22)13-27-14-20(15-27)24(28)29/h6-10,12,18,20H,1-5,13-16H2,(H,28,29). The van der Waals surface area contributed by atoms with Gasteiger partial charge in [-0.3, -0.25) is 14.7 Å². The number of hydrogen-bond acceptors (Lipinski definition) is 5. The van der Waals surface area contributed by atoms with Crippen molar-refractivity contribution in [3.63, 3.8) is 0 Å². The summed E-state index contributed by atoms with van der Waals surface area (Å²) in [6.07, 6.45) is 7.91. The molecule has 1 aromatic carbocycles. The van der Waals surface area contributed by atoms with Crippen LogP contribution >= 0.6 is 0 Å². The minimum atomic E-state index is -0.713. The van der Waals surface area contributed by atoms with E-state index in [-0.39, 0.29) is 5.92 Å². The Morgan fingerprint density at radius 3 is 2.60 bits per heavy atom. The molecule has 1 aromatic heterocycles. The molecule has 1 N–H and O–H groups in total. The van der Waals surface area contributed by atoms with Crippen molar-refractivity contribution in [2.24, 2.45) is 5.92 Å². The van der Waals surface area contributed by atoms with Gasteiger partial charge in [0.05, 0.1) is 23.2 Å². The summed E-state index contributed by atoms with van der Waals surface area (Å²) >= 11 is 0. The largest absolute Gasteiger partial charge is 0.487 e. The molecule has 0 bridgehead atoms. The normalized spacial score (nSPS) is 17.8. The van der Waals surface area contributed by atoms with Crippen LogP contribution in [0.5, 0.6) is 5.75 Å². The summed E-state index contributed by atoms with van der Waals surface area (Å²) in [6, 6.07) is 12.1. The molecule has 156 valence electrons. The molecular formula is C24H27N3O3. The van der Waals surface area contributed by atoms with Crippen LogP contribution in [0.2, 0.25) is 0 Å². The summed E-state index contributed by atoms with van der Waals surface area (Å²) in [6.45, 7) is 2.29. The molecule has 1 aliphatic carbocycles. The van der Waals surface area contributed by atoms with E-state index in [2.05, 4.69) is 16.0 Å². The van der Waals surface area contributed by atoms with Crippen LogP contribution in [0.25, 0.3) is 0 Å². The molecule has 2 aliphatic rings. The van der Waals surface area contributed by atoms with Crippen LogP contribution in [0.3, 0.4) is 0 Å². The van der Waals surface area contributed by atoms with Gasteiger partial charge in [-0.1, -0.05) is 31.4 Å². The van der Waals surface area contributed by atoms with Crippen LogP contribution in [0.15, 0.2) is 36.5 Å². The molecule has 1 saturated heterocycles. The zero-order valence-corrected chi connectivity index (χ0v) is 17.1. The average Bonchev–Trinajstić information content (AvgIpc) is 2.75. The maximum Gasteiger partial charge on any atom is 0.309 e. The fourth-order valence-corrected chi connectivity index (χ4v) is 4.39. The number of likely N-dealkylation sites (tertiary alicyclic amines) is 1. The van der Waals surface area contributed by atoms with Gasteiger partial charge >= 0.3 is 5.97 Å². The lowest BCUT2D eigenvalue weighted by molar-refractivity contribution is -0.147. The monoisotopic (exact) mass is 405 g/mol. The highest BCUT2D eigenvalue weighted by atomic mass is 16.5. The van der Waals surface area contributed by atoms with Crippen molar-refractivity contribution in [1.29, 1.82) is 5.26 Å². The first-order valence-electron chi connectivity index (χ1n) is 10.7. The molecule has 0 unspecified atom stereocenters. The number of pyridine rings is 1. The molecule has 6 nitrogen and oxygen atoms in total. The number of aromatic nitrogens is 1. The third-order valence-corrected chi connectivity index (χ3v) is 6.18. The van der Waals surface area contributed by atoms with E-state index in [1.807, 2.05) is 36.5 Å². The SMILES string of the molecule is N#Cc1cc(COc2ccc(CN3CC(C(=O)O)C3)cc2)ncc1C1CCCCC1. The quantitative estimate of drug-likeness (QED) is 0.746. The van der Waals surface area contributed by atoms with E-state index < -0.39 is 5.97 Å². The Morgan fingerprint density at radius 2 is 1.93 bits per heavy atom. The summed E-state index contributed by atoms with van der Waals surface area (Å²) in [5.41, 5.74) is 3.70. The van der Waals surface area contributed by atoms with E-state index in [9.17, 15) is 10.1 Å². The minimum absolute atomic E-state index is 0.233. The lowest BCUT2D eigenvalue weighted by atomic mass is 9.83. The Kier molecular flexibility index (Phi) is 6.29. The van der Waals surface area contributed by atoms with Gasteiger partial charge in [0.2, 0.25) is 0 Å². The maximum atomic E-state index is 10.9. The van der Waals surface area contributed by atoms with E-state index in [0.717, 1.165) is 47.5 Å². The average molecular weight is 405 g/mol. The van der Waals surface area contributed by atoms with Gasteiger partial charge in [0, 0.05) is 25.8 Å². The Hall–Kier alpha value is -2.91. The van der Waals surface area contributed by atoms with E-state index in [4.69, 9.17) is 9.84 Å². The highest BCUT2D eigenvalue weighted by Crippen LogP contribution is 2.34. The molecule has 1 aliphatic heterocycles. The summed E-state index contributed by atoms with van der Waals surface area (Å²) in [5.74, 6) is 0.265. The molecule has 2 fully saturated rings. The van der Waals surface area contributed by atoms with Gasteiger partial charge in [-0.05, 0) is 48.1 Å². The number of carbonyl (C=O) groups is 1. The number of nitrogens with zero attached hydrogens (tertiary/aromatic N) is 3. The van der Waals surface area contributed by atoms with Crippen molar-refractivity contribution in [1.82, 2.24) is 9.88 Å². The Balaban J connectivity index is 1.31. The molecule has 4 rings (SSSR count). The first-order chi connectivity index (χ1) is 14.6. The number of hydrogen-bond donors (Lipinski definition) is 1. The topological polar surface area (TPSA) is 86.5 Å². The van der Waals surface area contributed by atoms with Crippen LogP contribution < -0.4 is 4.74 Å². The van der Waals surface area contributed by atoms with E-state index in [1.54, 1.807) is 0 Å². The minimum Gasteiger partial charge on any atom is -0.487 e. The highest BCUT2D eigenvalue weighted by Gasteiger charge is 2.32. The number of ether oxygens (including phenoxy) is 1. The predicted octanol–water partition coefficient (Wildman–Crippen LogP) is 4.10. The van der Waals surface area contributed by atoms with Crippen molar-refractivity contribution in [3.05, 3.63) is 58.9 Å². The predicted molar refractivity (Wildman–Crippen MR) is 112 cm³/mol. The molecule has 0 radical (unpaired) electrons. The lowest BCUT2D eigenvalue weighted by Gasteiger charge is -2.36. The molecule has 2 heterocycles. The zero-order chi connectivity index (χ0) is 20.9. The van der Waals surface area contributed by atoms with E-state index >= 15 is 0 Å². The third kappa shape index (κ3) is 4.80. The molecule has 1 saturated carbocycles. The van der Waals surface area contributed by atoms with Crippen LogP contribution in [-0.4, -0.2) is 34.0 Å². The van der Waals surface area contributed by atoms with Gasteiger partial charge in [0.1, 0.15) is 12.4 Å². The van der Waals surface area contributed by atoms with Crippen molar-refractivity contribution >= 4 is 5.97 Å². The number of carboxylic acid groups (broad SMARTS) is 1. The van der Waals surface area contributed by atoms with Crippen LogP contribution in [-0.2, 0) is 17.9 Å². The van der Waals surface area contributed by atoms with Gasteiger partial charge in [0.15, 0.2) is 0 Å². The van der Waals surface area contributed by atoms with Crippen molar-refractivity contribution in [3.8, 4) is 11.8 Å². The van der Waals surface area contributed by atoms with Crippen molar-refractivity contribution < 1.29 is 14.6 Å². The number of aliphatic carboxylic acids is 1. The highest BCUT2D eigenvalue weighted by molar-refractivity contribution is 5.71. The van der Waals surface area contributed by atoms with Gasteiger partial charge in [-0.25, -0.2) is 0 Å². The maximum absolute atomic E-state index is 10.9. The molecule has 0 spiro atoms. The Morgan fingerprint density at radius 1 is 1.20 bits per heavy atom. The first-order valence-corrected chi connectivity index (χ1v) is 10.7. The molecule has 2 aromatic rings. The summed E-state index contributed by atoms with van der Waals surface area (Å²) in [7, 11) is 0. The van der Waals surface area contributed by atoms with Gasteiger partial charge < -0.3 is 9.84 Å². The Bertz CT molecular complexity index is 924. The molecule has 6 heteroatoms. The fourth-order valence-electron chi connectivity index (χ4n) is 4.39.